The van der Waals surface area contributed by atoms with Gasteiger partial charge in [-0.05, 0) is 62.1 Å². The second-order valence-corrected chi connectivity index (χ2v) is 9.36. The highest BCUT2D eigenvalue weighted by atomic mass is 35.5. The zero-order chi connectivity index (χ0) is 23.5. The van der Waals surface area contributed by atoms with Crippen LogP contribution in [0, 0.1) is 0 Å². The maximum atomic E-state index is 13.1. The van der Waals surface area contributed by atoms with Crippen molar-refractivity contribution in [2.24, 2.45) is 0 Å². The lowest BCUT2D eigenvalue weighted by atomic mass is 10.1. The van der Waals surface area contributed by atoms with E-state index in [0.717, 1.165) is 57.4 Å². The fourth-order valence-electron chi connectivity index (χ4n) is 4.62. The molecule has 5 rings (SSSR count). The van der Waals surface area contributed by atoms with Crippen LogP contribution in [0.5, 0.6) is 5.75 Å². The first kappa shape index (κ1) is 22.9. The number of aromatic nitrogens is 2. The van der Waals surface area contributed by atoms with E-state index in [-0.39, 0.29) is 17.6 Å². The topological polar surface area (TPSA) is 82.5 Å². The summed E-state index contributed by atoms with van der Waals surface area (Å²) in [5.74, 6) is 1.01. The molecule has 0 bridgehead atoms. The molecule has 3 aromatic rings. The molecule has 1 fully saturated rings. The number of anilines is 1. The van der Waals surface area contributed by atoms with Gasteiger partial charge in [-0.3, -0.25) is 14.2 Å². The van der Waals surface area contributed by atoms with Gasteiger partial charge in [0.25, 0.3) is 11.5 Å². The normalized spacial score (nSPS) is 18.2. The van der Waals surface area contributed by atoms with Crippen molar-refractivity contribution < 1.29 is 14.3 Å². The summed E-state index contributed by atoms with van der Waals surface area (Å²) in [7, 11) is 0. The molecule has 1 aromatic heterocycles. The molecule has 1 atom stereocenters. The molecule has 178 valence electrons. The van der Waals surface area contributed by atoms with E-state index in [0.29, 0.717) is 46.1 Å². The van der Waals surface area contributed by atoms with Gasteiger partial charge < -0.3 is 14.8 Å². The second kappa shape index (κ2) is 10.2. The minimum Gasteiger partial charge on any atom is -0.489 e. The quantitative estimate of drug-likeness (QED) is 0.556. The number of carbonyl (C=O) groups is 1. The number of benzene rings is 2. The van der Waals surface area contributed by atoms with Crippen LogP contribution in [0.1, 0.15) is 54.7 Å². The van der Waals surface area contributed by atoms with Crippen LogP contribution in [0.25, 0.3) is 10.9 Å². The van der Waals surface area contributed by atoms with Gasteiger partial charge in [0.1, 0.15) is 18.2 Å². The molecule has 1 amide bonds. The summed E-state index contributed by atoms with van der Waals surface area (Å²) >= 11 is 6.18. The van der Waals surface area contributed by atoms with Crippen molar-refractivity contribution in [3.63, 3.8) is 0 Å². The Morgan fingerprint density at radius 2 is 2.03 bits per heavy atom. The Bertz CT molecular complexity index is 1270. The van der Waals surface area contributed by atoms with Crippen molar-refractivity contribution in [2.75, 3.05) is 18.5 Å². The van der Waals surface area contributed by atoms with Gasteiger partial charge in [-0.15, -0.1) is 0 Å². The summed E-state index contributed by atoms with van der Waals surface area (Å²) < 4.78 is 13.3. The van der Waals surface area contributed by atoms with Crippen molar-refractivity contribution in [3.05, 3.63) is 63.2 Å². The standard InChI is InChI=1S/C26H28ClN3O4/c27-18-9-11-23(34-16-19-6-5-13-33-19)22(15-18)29-25(31)17-8-10-20-21(14-17)28-24-7-3-1-2-4-12-30(24)26(20)32/h8-11,14-15,19H,1-7,12-13,16H2,(H,29,31). The van der Waals surface area contributed by atoms with Gasteiger partial charge in [-0.2, -0.15) is 0 Å². The zero-order valence-corrected chi connectivity index (χ0v) is 19.8. The fourth-order valence-corrected chi connectivity index (χ4v) is 4.79. The maximum Gasteiger partial charge on any atom is 0.261 e. The minimum atomic E-state index is -0.320. The van der Waals surface area contributed by atoms with Crippen LogP contribution in [0.3, 0.4) is 0 Å². The van der Waals surface area contributed by atoms with Gasteiger partial charge in [0.2, 0.25) is 0 Å². The maximum absolute atomic E-state index is 13.1. The third-order valence-electron chi connectivity index (χ3n) is 6.47. The molecular weight excluding hydrogens is 454 g/mol. The third-order valence-corrected chi connectivity index (χ3v) is 6.70. The molecule has 8 heteroatoms. The van der Waals surface area contributed by atoms with Crippen LogP contribution < -0.4 is 15.6 Å². The number of halogens is 1. The molecule has 7 nitrogen and oxygen atoms in total. The van der Waals surface area contributed by atoms with Gasteiger partial charge in [-0.25, -0.2) is 4.98 Å². The number of carbonyl (C=O) groups excluding carboxylic acids is 1. The molecule has 2 aromatic carbocycles. The molecule has 1 unspecified atom stereocenters. The first-order chi connectivity index (χ1) is 16.6. The van der Waals surface area contributed by atoms with Crippen molar-refractivity contribution in [3.8, 4) is 5.75 Å². The van der Waals surface area contributed by atoms with E-state index < -0.39 is 0 Å². The zero-order valence-electron chi connectivity index (χ0n) is 19.0. The summed E-state index contributed by atoms with van der Waals surface area (Å²) in [4.78, 5) is 30.9. The van der Waals surface area contributed by atoms with Gasteiger partial charge >= 0.3 is 0 Å². The molecule has 0 spiro atoms. The molecule has 34 heavy (non-hydrogen) atoms. The monoisotopic (exact) mass is 481 g/mol. The average molecular weight is 482 g/mol. The number of amides is 1. The second-order valence-electron chi connectivity index (χ2n) is 8.92. The number of nitrogens with one attached hydrogen (secondary N) is 1. The van der Waals surface area contributed by atoms with E-state index in [9.17, 15) is 9.59 Å². The Hall–Kier alpha value is -2.90. The molecule has 0 aliphatic carbocycles. The number of aryl methyl sites for hydroxylation is 1. The molecular formula is C26H28ClN3O4. The van der Waals surface area contributed by atoms with E-state index in [4.69, 9.17) is 26.1 Å². The van der Waals surface area contributed by atoms with Crippen LogP contribution in [0.15, 0.2) is 41.2 Å². The Labute approximate surface area is 203 Å². The van der Waals surface area contributed by atoms with Crippen LogP contribution in [-0.2, 0) is 17.7 Å². The Morgan fingerprint density at radius 3 is 2.88 bits per heavy atom. The predicted molar refractivity (Wildman–Crippen MR) is 132 cm³/mol. The van der Waals surface area contributed by atoms with Crippen molar-refractivity contribution in [1.29, 1.82) is 0 Å². The lowest BCUT2D eigenvalue weighted by molar-refractivity contribution is 0.0682. The molecule has 1 saturated heterocycles. The number of fused-ring (bicyclic) bond motifs is 2. The van der Waals surface area contributed by atoms with Crippen molar-refractivity contribution >= 4 is 34.1 Å². The molecule has 0 radical (unpaired) electrons. The van der Waals surface area contributed by atoms with Crippen LogP contribution in [0.2, 0.25) is 5.02 Å². The lowest BCUT2D eigenvalue weighted by Crippen LogP contribution is -2.26. The van der Waals surface area contributed by atoms with Crippen LogP contribution >= 0.6 is 11.6 Å². The first-order valence-corrected chi connectivity index (χ1v) is 12.3. The number of hydrogen-bond donors (Lipinski definition) is 1. The largest absolute Gasteiger partial charge is 0.489 e. The number of ether oxygens (including phenoxy) is 2. The lowest BCUT2D eigenvalue weighted by Gasteiger charge is -2.17. The summed E-state index contributed by atoms with van der Waals surface area (Å²) in [5.41, 5.74) is 1.42. The smallest absolute Gasteiger partial charge is 0.261 e. The Kier molecular flexibility index (Phi) is 6.83. The van der Waals surface area contributed by atoms with E-state index in [2.05, 4.69) is 5.32 Å². The molecule has 0 saturated carbocycles. The first-order valence-electron chi connectivity index (χ1n) is 12.0. The average Bonchev–Trinajstić information content (AvgIpc) is 3.33. The molecule has 3 heterocycles. The Balaban J connectivity index is 1.40. The fraction of sp³-hybridized carbons (Fsp3) is 0.423. The number of nitrogens with zero attached hydrogens (tertiary/aromatic N) is 2. The SMILES string of the molecule is O=C(Nc1cc(Cl)ccc1OCC1CCCO1)c1ccc2c(=O)n3c(nc2c1)CCCCCC3. The van der Waals surface area contributed by atoms with Gasteiger partial charge in [-0.1, -0.05) is 24.4 Å². The summed E-state index contributed by atoms with van der Waals surface area (Å²) in [6.07, 6.45) is 7.10. The summed E-state index contributed by atoms with van der Waals surface area (Å²) in [6, 6.07) is 10.2. The predicted octanol–water partition coefficient (Wildman–Crippen LogP) is 4.98. The highest BCUT2D eigenvalue weighted by Crippen LogP contribution is 2.29. The molecule has 2 aliphatic heterocycles. The number of rotatable bonds is 5. The summed E-state index contributed by atoms with van der Waals surface area (Å²) in [5, 5.41) is 3.93. The van der Waals surface area contributed by atoms with E-state index in [1.165, 1.54) is 0 Å². The Morgan fingerprint density at radius 1 is 1.15 bits per heavy atom. The minimum absolute atomic E-state index is 0.0338. The van der Waals surface area contributed by atoms with Crippen molar-refractivity contribution in [1.82, 2.24) is 9.55 Å². The summed E-state index contributed by atoms with van der Waals surface area (Å²) in [6.45, 7) is 1.86. The highest BCUT2D eigenvalue weighted by Gasteiger charge is 2.19. The van der Waals surface area contributed by atoms with E-state index in [1.54, 1.807) is 41.0 Å². The van der Waals surface area contributed by atoms with Crippen LogP contribution in [-0.4, -0.2) is 34.8 Å². The van der Waals surface area contributed by atoms with Crippen LogP contribution in [0.4, 0.5) is 5.69 Å². The van der Waals surface area contributed by atoms with Gasteiger partial charge in [0.15, 0.2) is 0 Å². The molecule has 1 N–H and O–H groups in total. The van der Waals surface area contributed by atoms with E-state index >= 15 is 0 Å². The highest BCUT2D eigenvalue weighted by molar-refractivity contribution is 6.31. The van der Waals surface area contributed by atoms with Crippen molar-refractivity contribution in [2.45, 2.75) is 57.6 Å². The van der Waals surface area contributed by atoms with Gasteiger partial charge in [0.05, 0.1) is 22.7 Å². The molecule has 2 aliphatic rings. The van der Waals surface area contributed by atoms with Gasteiger partial charge in [0, 0.05) is 30.2 Å². The third kappa shape index (κ3) is 4.95. The van der Waals surface area contributed by atoms with E-state index in [1.807, 2.05) is 0 Å². The number of hydrogen-bond acceptors (Lipinski definition) is 5.